The van der Waals surface area contributed by atoms with Crippen molar-refractivity contribution in [1.29, 1.82) is 0 Å². The summed E-state index contributed by atoms with van der Waals surface area (Å²) < 4.78 is 7.80. The summed E-state index contributed by atoms with van der Waals surface area (Å²) in [7, 11) is 0. The van der Waals surface area contributed by atoms with Gasteiger partial charge in [-0.1, -0.05) is 38.8 Å². The van der Waals surface area contributed by atoms with Crippen LogP contribution < -0.4 is 5.32 Å². The molecule has 3 nitrogen and oxygen atoms in total. The van der Waals surface area contributed by atoms with Gasteiger partial charge in [0.1, 0.15) is 0 Å². The molecule has 5 heteroatoms. The monoisotopic (exact) mass is 372 g/mol. The van der Waals surface area contributed by atoms with Crippen LogP contribution >= 0.6 is 31.9 Å². The van der Waals surface area contributed by atoms with Crippen molar-refractivity contribution in [2.45, 2.75) is 19.9 Å². The lowest BCUT2D eigenvalue weighted by molar-refractivity contribution is 0.429. The molecule has 1 aromatic heterocycles. The second kappa shape index (κ2) is 5.99. The van der Waals surface area contributed by atoms with Gasteiger partial charge in [-0.2, -0.15) is 0 Å². The number of halogens is 2. The molecule has 1 aromatic carbocycles. The highest BCUT2D eigenvalue weighted by atomic mass is 79.9. The lowest BCUT2D eigenvalue weighted by atomic mass is 10.2. The molecule has 0 aliphatic carbocycles. The maximum Gasteiger partial charge on any atom is 0.211 e. The summed E-state index contributed by atoms with van der Waals surface area (Å²) in [6, 6.07) is 6.09. The first-order chi connectivity index (χ1) is 8.61. The molecule has 1 unspecified atom stereocenters. The van der Waals surface area contributed by atoms with Crippen molar-refractivity contribution in [3.8, 4) is 11.3 Å². The molecule has 0 amide bonds. The highest BCUT2D eigenvalue weighted by Gasteiger charge is 2.14. The molecule has 18 heavy (non-hydrogen) atoms. The van der Waals surface area contributed by atoms with E-state index in [1.165, 1.54) is 0 Å². The van der Waals surface area contributed by atoms with Gasteiger partial charge in [0.15, 0.2) is 5.76 Å². The zero-order valence-electron chi connectivity index (χ0n) is 10.2. The number of hydrogen-bond donors (Lipinski definition) is 1. The molecule has 2 rings (SSSR count). The summed E-state index contributed by atoms with van der Waals surface area (Å²) in [6.45, 7) is 4.99. The van der Waals surface area contributed by atoms with Crippen molar-refractivity contribution in [1.82, 2.24) is 10.3 Å². The Balaban J connectivity index is 2.32. The first-order valence-electron chi connectivity index (χ1n) is 5.76. The number of aromatic nitrogens is 1. The number of rotatable bonds is 4. The van der Waals surface area contributed by atoms with Gasteiger partial charge in [0, 0.05) is 14.5 Å². The highest BCUT2D eigenvalue weighted by molar-refractivity contribution is 9.11. The van der Waals surface area contributed by atoms with E-state index in [0.717, 1.165) is 26.8 Å². The maximum atomic E-state index is 5.80. The van der Waals surface area contributed by atoms with Crippen LogP contribution in [0.25, 0.3) is 11.3 Å². The number of nitrogens with zero attached hydrogens (tertiary/aromatic N) is 1. The van der Waals surface area contributed by atoms with Crippen molar-refractivity contribution < 1.29 is 4.42 Å². The van der Waals surface area contributed by atoms with E-state index in [9.17, 15) is 0 Å². The zero-order valence-corrected chi connectivity index (χ0v) is 13.4. The molecule has 1 atom stereocenters. The van der Waals surface area contributed by atoms with Crippen LogP contribution in [-0.4, -0.2) is 11.5 Å². The Hall–Kier alpha value is -0.650. The van der Waals surface area contributed by atoms with Gasteiger partial charge in [0.05, 0.1) is 12.2 Å². The Morgan fingerprint density at radius 3 is 2.89 bits per heavy atom. The minimum atomic E-state index is 0.120. The number of nitrogens with one attached hydrogen (secondary N) is 1. The van der Waals surface area contributed by atoms with Gasteiger partial charge >= 0.3 is 0 Å². The van der Waals surface area contributed by atoms with Crippen LogP contribution in [0, 0.1) is 0 Å². The van der Waals surface area contributed by atoms with Crippen molar-refractivity contribution in [2.75, 3.05) is 6.54 Å². The Morgan fingerprint density at radius 1 is 1.39 bits per heavy atom. The van der Waals surface area contributed by atoms with Crippen molar-refractivity contribution in [3.05, 3.63) is 39.2 Å². The predicted molar refractivity (Wildman–Crippen MR) is 79.4 cm³/mol. The molecule has 2 aromatic rings. The molecule has 0 fully saturated rings. The van der Waals surface area contributed by atoms with Gasteiger partial charge in [-0.15, -0.1) is 0 Å². The molecule has 0 radical (unpaired) electrons. The molecule has 1 heterocycles. The summed E-state index contributed by atoms with van der Waals surface area (Å²) in [5.41, 5.74) is 0.992. The van der Waals surface area contributed by atoms with Crippen LogP contribution in [0.5, 0.6) is 0 Å². The van der Waals surface area contributed by atoms with Gasteiger partial charge in [-0.25, -0.2) is 4.98 Å². The standard InChI is InChI=1S/C13H14Br2N2O/c1-3-16-8(2)13-17-7-12(18-13)10-6-9(14)4-5-11(10)15/h4-8,16H,3H2,1-2H3. The third-order valence-corrected chi connectivity index (χ3v) is 3.78. The average molecular weight is 374 g/mol. The molecule has 0 spiro atoms. The Morgan fingerprint density at radius 2 is 2.17 bits per heavy atom. The SMILES string of the molecule is CCNC(C)c1ncc(-c2cc(Br)ccc2Br)o1. The second-order valence-electron chi connectivity index (χ2n) is 3.97. The normalized spacial score (nSPS) is 12.7. The van der Waals surface area contributed by atoms with Crippen molar-refractivity contribution >= 4 is 31.9 Å². The molecule has 0 bridgehead atoms. The summed E-state index contributed by atoms with van der Waals surface area (Å²) in [6.07, 6.45) is 1.76. The topological polar surface area (TPSA) is 38.1 Å². The molecule has 0 saturated heterocycles. The van der Waals surface area contributed by atoms with E-state index in [4.69, 9.17) is 4.42 Å². The fourth-order valence-electron chi connectivity index (χ4n) is 1.69. The molecular weight excluding hydrogens is 360 g/mol. The summed E-state index contributed by atoms with van der Waals surface area (Å²) in [5.74, 6) is 1.47. The van der Waals surface area contributed by atoms with Crippen LogP contribution in [0.1, 0.15) is 25.8 Å². The average Bonchev–Trinajstić information content (AvgIpc) is 2.82. The largest absolute Gasteiger partial charge is 0.439 e. The second-order valence-corrected chi connectivity index (χ2v) is 5.74. The fraction of sp³-hybridized carbons (Fsp3) is 0.308. The van der Waals surface area contributed by atoms with Gasteiger partial charge in [0.2, 0.25) is 5.89 Å². The van der Waals surface area contributed by atoms with E-state index >= 15 is 0 Å². The van der Waals surface area contributed by atoms with Gasteiger partial charge in [-0.3, -0.25) is 0 Å². The smallest absolute Gasteiger partial charge is 0.211 e. The summed E-state index contributed by atoms with van der Waals surface area (Å²) in [4.78, 5) is 4.32. The first kappa shape index (κ1) is 13.8. The molecule has 0 aliphatic rings. The first-order valence-corrected chi connectivity index (χ1v) is 7.35. The van der Waals surface area contributed by atoms with Crippen LogP contribution in [0.3, 0.4) is 0 Å². The van der Waals surface area contributed by atoms with E-state index in [1.807, 2.05) is 25.1 Å². The fourth-order valence-corrected chi connectivity index (χ4v) is 2.50. The minimum Gasteiger partial charge on any atom is -0.439 e. The third-order valence-electron chi connectivity index (χ3n) is 2.60. The predicted octanol–water partition coefficient (Wildman–Crippen LogP) is 4.54. The van der Waals surface area contributed by atoms with Gasteiger partial charge < -0.3 is 9.73 Å². The van der Waals surface area contributed by atoms with Gasteiger partial charge in [0.25, 0.3) is 0 Å². The highest BCUT2D eigenvalue weighted by Crippen LogP contribution is 2.32. The summed E-state index contributed by atoms with van der Waals surface area (Å²) in [5, 5.41) is 3.28. The summed E-state index contributed by atoms with van der Waals surface area (Å²) >= 11 is 6.98. The van der Waals surface area contributed by atoms with Crippen LogP contribution in [0.15, 0.2) is 37.8 Å². The molecule has 0 aliphatic heterocycles. The maximum absolute atomic E-state index is 5.80. The molecule has 1 N–H and O–H groups in total. The lowest BCUT2D eigenvalue weighted by Crippen LogP contribution is -2.17. The van der Waals surface area contributed by atoms with Crippen LogP contribution in [0.4, 0.5) is 0 Å². The quantitative estimate of drug-likeness (QED) is 0.854. The van der Waals surface area contributed by atoms with E-state index in [-0.39, 0.29) is 6.04 Å². The van der Waals surface area contributed by atoms with E-state index in [1.54, 1.807) is 6.20 Å². The van der Waals surface area contributed by atoms with Crippen molar-refractivity contribution in [2.24, 2.45) is 0 Å². The van der Waals surface area contributed by atoms with Gasteiger partial charge in [-0.05, 0) is 31.7 Å². The number of hydrogen-bond acceptors (Lipinski definition) is 3. The van der Waals surface area contributed by atoms with Crippen LogP contribution in [-0.2, 0) is 0 Å². The molecule has 96 valence electrons. The van der Waals surface area contributed by atoms with Crippen molar-refractivity contribution in [3.63, 3.8) is 0 Å². The number of oxazole rings is 1. The third kappa shape index (κ3) is 3.02. The molecular formula is C13H14Br2N2O. The Kier molecular flexibility index (Phi) is 4.59. The minimum absolute atomic E-state index is 0.120. The molecule has 0 saturated carbocycles. The van der Waals surface area contributed by atoms with E-state index in [2.05, 4.69) is 49.1 Å². The lowest BCUT2D eigenvalue weighted by Gasteiger charge is -2.07. The zero-order chi connectivity index (χ0) is 13.1. The van der Waals surface area contributed by atoms with E-state index in [0.29, 0.717) is 5.89 Å². The number of benzene rings is 1. The van der Waals surface area contributed by atoms with E-state index < -0.39 is 0 Å². The Labute approximate surface area is 123 Å². The Bertz CT molecular complexity index is 540. The van der Waals surface area contributed by atoms with Crippen LogP contribution in [0.2, 0.25) is 0 Å².